The molecule has 0 fully saturated rings. The first-order valence-corrected chi connectivity index (χ1v) is 7.17. The van der Waals surface area contributed by atoms with Gasteiger partial charge in [0.25, 0.3) is 0 Å². The molecule has 1 aromatic heterocycles. The number of hydrogen-bond donors (Lipinski definition) is 3. The summed E-state index contributed by atoms with van der Waals surface area (Å²) in [5, 5.41) is 14.2. The number of para-hydroxylation sites is 1. The van der Waals surface area contributed by atoms with Gasteiger partial charge in [-0.1, -0.05) is 12.1 Å². The molecule has 1 unspecified atom stereocenters. The Kier molecular flexibility index (Phi) is 4.66. The summed E-state index contributed by atoms with van der Waals surface area (Å²) in [6, 6.07) is 6.10. The van der Waals surface area contributed by atoms with Gasteiger partial charge < -0.3 is 16.2 Å². The van der Waals surface area contributed by atoms with Gasteiger partial charge in [-0.05, 0) is 19.1 Å². The Morgan fingerprint density at radius 1 is 1.43 bits per heavy atom. The van der Waals surface area contributed by atoms with Gasteiger partial charge in [-0.2, -0.15) is 0 Å². The largest absolute Gasteiger partial charge is 0.478 e. The number of rotatable bonds is 5. The first kappa shape index (κ1) is 15.1. The first-order chi connectivity index (χ1) is 9.97. The van der Waals surface area contributed by atoms with E-state index in [1.807, 2.05) is 6.92 Å². The topological polar surface area (TPSA) is 105 Å². The summed E-state index contributed by atoms with van der Waals surface area (Å²) < 4.78 is 0. The van der Waals surface area contributed by atoms with Crippen LogP contribution in [0.3, 0.4) is 0 Å². The Hall–Kier alpha value is -2.25. The number of nitrogens with two attached hydrogens (primary N) is 1. The maximum atomic E-state index is 12.0. The number of nitrogens with zero attached hydrogens (tertiary/aromatic N) is 1. The zero-order valence-electron chi connectivity index (χ0n) is 11.4. The average molecular weight is 305 g/mol. The van der Waals surface area contributed by atoms with Gasteiger partial charge in [-0.3, -0.25) is 4.79 Å². The molecule has 0 radical (unpaired) electrons. The molecule has 0 aliphatic carbocycles. The molecule has 1 amide bonds. The van der Waals surface area contributed by atoms with E-state index >= 15 is 0 Å². The zero-order valence-corrected chi connectivity index (χ0v) is 12.2. The summed E-state index contributed by atoms with van der Waals surface area (Å²) >= 11 is 1.40. The summed E-state index contributed by atoms with van der Waals surface area (Å²) in [5.41, 5.74) is 6.67. The van der Waals surface area contributed by atoms with Crippen molar-refractivity contribution in [3.8, 4) is 0 Å². The minimum atomic E-state index is -1.08. The van der Waals surface area contributed by atoms with Gasteiger partial charge in [0.2, 0.25) is 5.91 Å². The highest BCUT2D eigenvalue weighted by atomic mass is 32.1. The van der Waals surface area contributed by atoms with Crippen molar-refractivity contribution >= 4 is 28.9 Å². The second kappa shape index (κ2) is 6.47. The van der Waals surface area contributed by atoms with Crippen molar-refractivity contribution in [3.63, 3.8) is 0 Å². The van der Waals surface area contributed by atoms with Gasteiger partial charge in [0, 0.05) is 5.38 Å². The summed E-state index contributed by atoms with van der Waals surface area (Å²) in [6.07, 6.45) is 0.0805. The number of carbonyl (C=O) groups excluding carboxylic acids is 1. The Morgan fingerprint density at radius 2 is 2.14 bits per heavy atom. The van der Waals surface area contributed by atoms with E-state index < -0.39 is 5.97 Å². The highest BCUT2D eigenvalue weighted by Crippen LogP contribution is 2.18. The van der Waals surface area contributed by atoms with Gasteiger partial charge in [-0.25, -0.2) is 9.78 Å². The van der Waals surface area contributed by atoms with Crippen LogP contribution >= 0.6 is 11.3 Å². The summed E-state index contributed by atoms with van der Waals surface area (Å²) in [5.74, 6) is -1.40. The van der Waals surface area contributed by atoms with Crippen molar-refractivity contribution in [1.29, 1.82) is 0 Å². The van der Waals surface area contributed by atoms with E-state index in [4.69, 9.17) is 10.8 Å². The Labute approximate surface area is 125 Å². The van der Waals surface area contributed by atoms with Crippen LogP contribution in [0.4, 0.5) is 5.69 Å². The molecule has 4 N–H and O–H groups in total. The van der Waals surface area contributed by atoms with Crippen molar-refractivity contribution in [2.45, 2.75) is 19.4 Å². The lowest BCUT2D eigenvalue weighted by atomic mass is 10.1. The number of carbonyl (C=O) groups is 2. The fourth-order valence-corrected chi connectivity index (χ4v) is 2.53. The predicted molar refractivity (Wildman–Crippen MR) is 80.5 cm³/mol. The van der Waals surface area contributed by atoms with Gasteiger partial charge >= 0.3 is 5.97 Å². The smallest absolute Gasteiger partial charge is 0.337 e. The second-order valence-corrected chi connectivity index (χ2v) is 5.43. The summed E-state index contributed by atoms with van der Waals surface area (Å²) in [7, 11) is 0. The van der Waals surface area contributed by atoms with Crippen LogP contribution in [0, 0.1) is 0 Å². The van der Waals surface area contributed by atoms with Crippen LogP contribution in [0.25, 0.3) is 0 Å². The van der Waals surface area contributed by atoms with Crippen molar-refractivity contribution in [3.05, 3.63) is 45.9 Å². The lowest BCUT2D eigenvalue weighted by Crippen LogP contribution is -2.17. The standard InChI is InChI=1S/C14H15N3O3S/c1-8(15)13-16-9(7-21-13)6-12(18)17-11-5-3-2-4-10(11)14(19)20/h2-5,7-8H,6,15H2,1H3,(H,17,18)(H,19,20). The Morgan fingerprint density at radius 3 is 2.76 bits per heavy atom. The molecule has 0 bridgehead atoms. The average Bonchev–Trinajstić information content (AvgIpc) is 2.87. The van der Waals surface area contributed by atoms with Crippen LogP contribution in [0.2, 0.25) is 0 Å². The number of aromatic carboxylic acids is 1. The van der Waals surface area contributed by atoms with Crippen LogP contribution < -0.4 is 11.1 Å². The molecule has 21 heavy (non-hydrogen) atoms. The van der Waals surface area contributed by atoms with E-state index in [2.05, 4.69) is 10.3 Å². The third-order valence-electron chi connectivity index (χ3n) is 2.73. The van der Waals surface area contributed by atoms with E-state index in [1.165, 1.54) is 17.4 Å². The molecule has 2 aromatic rings. The number of anilines is 1. The molecule has 2 rings (SSSR count). The SMILES string of the molecule is CC(N)c1nc(CC(=O)Nc2ccccc2C(=O)O)cs1. The maximum Gasteiger partial charge on any atom is 0.337 e. The van der Waals surface area contributed by atoms with Gasteiger partial charge in [0.15, 0.2) is 0 Å². The van der Waals surface area contributed by atoms with Crippen molar-refractivity contribution in [2.75, 3.05) is 5.32 Å². The molecule has 0 aliphatic heterocycles. The monoisotopic (exact) mass is 305 g/mol. The molecule has 1 aromatic carbocycles. The normalized spacial score (nSPS) is 11.9. The van der Waals surface area contributed by atoms with Crippen molar-refractivity contribution in [1.82, 2.24) is 4.98 Å². The summed E-state index contributed by atoms with van der Waals surface area (Å²) in [6.45, 7) is 1.83. The lowest BCUT2D eigenvalue weighted by Gasteiger charge is -2.07. The number of nitrogens with one attached hydrogen (secondary N) is 1. The van der Waals surface area contributed by atoms with Gasteiger partial charge in [0.1, 0.15) is 5.01 Å². The molecule has 0 saturated heterocycles. The third-order valence-corrected chi connectivity index (χ3v) is 3.83. The number of aromatic nitrogens is 1. The zero-order chi connectivity index (χ0) is 15.4. The molecular formula is C14H15N3O3S. The molecule has 0 spiro atoms. The van der Waals surface area contributed by atoms with Crippen LogP contribution in [0.5, 0.6) is 0 Å². The molecule has 1 atom stereocenters. The van der Waals surface area contributed by atoms with E-state index in [-0.39, 0.29) is 29.6 Å². The minimum absolute atomic E-state index is 0.0559. The molecule has 110 valence electrons. The minimum Gasteiger partial charge on any atom is -0.478 e. The molecule has 0 aliphatic rings. The van der Waals surface area contributed by atoms with E-state index in [1.54, 1.807) is 23.6 Å². The maximum absolute atomic E-state index is 12.0. The predicted octanol–water partition coefficient (Wildman–Crippen LogP) is 2.04. The first-order valence-electron chi connectivity index (χ1n) is 6.29. The van der Waals surface area contributed by atoms with Crippen LogP contribution in [0.15, 0.2) is 29.6 Å². The molecule has 0 saturated carbocycles. The molecular weight excluding hydrogens is 290 g/mol. The Bertz CT molecular complexity index is 667. The summed E-state index contributed by atoms with van der Waals surface area (Å²) in [4.78, 5) is 27.3. The Balaban J connectivity index is 2.06. The van der Waals surface area contributed by atoms with E-state index in [0.29, 0.717) is 5.69 Å². The highest BCUT2D eigenvalue weighted by Gasteiger charge is 2.13. The number of thiazole rings is 1. The second-order valence-electron chi connectivity index (χ2n) is 4.54. The van der Waals surface area contributed by atoms with Crippen LogP contribution in [-0.4, -0.2) is 22.0 Å². The quantitative estimate of drug-likeness (QED) is 0.784. The number of benzene rings is 1. The van der Waals surface area contributed by atoms with Crippen molar-refractivity contribution in [2.24, 2.45) is 5.73 Å². The van der Waals surface area contributed by atoms with Gasteiger partial charge in [-0.15, -0.1) is 11.3 Å². The fourth-order valence-electron chi connectivity index (χ4n) is 1.75. The molecule has 1 heterocycles. The van der Waals surface area contributed by atoms with Gasteiger partial charge in [0.05, 0.1) is 29.4 Å². The fraction of sp³-hybridized carbons (Fsp3) is 0.214. The van der Waals surface area contributed by atoms with E-state index in [0.717, 1.165) is 5.01 Å². The number of amides is 1. The van der Waals surface area contributed by atoms with Crippen molar-refractivity contribution < 1.29 is 14.7 Å². The molecule has 7 heteroatoms. The molecule has 6 nitrogen and oxygen atoms in total. The highest BCUT2D eigenvalue weighted by molar-refractivity contribution is 7.09. The number of carboxylic acids is 1. The van der Waals surface area contributed by atoms with E-state index in [9.17, 15) is 9.59 Å². The van der Waals surface area contributed by atoms with Crippen LogP contribution in [0.1, 0.15) is 34.0 Å². The number of hydrogen-bond acceptors (Lipinski definition) is 5. The third kappa shape index (κ3) is 3.87. The number of carboxylic acid groups (broad SMARTS) is 1. The lowest BCUT2D eigenvalue weighted by molar-refractivity contribution is -0.115. The van der Waals surface area contributed by atoms with Crippen LogP contribution in [-0.2, 0) is 11.2 Å².